The van der Waals surface area contributed by atoms with Crippen molar-refractivity contribution >= 4 is 11.6 Å². The Hall–Kier alpha value is -1.32. The number of benzene rings is 1. The van der Waals surface area contributed by atoms with Crippen molar-refractivity contribution in [3.05, 3.63) is 46.2 Å². The SMILES string of the molecule is CCc1ccc(-n2nc(C)c(CCN)c2Cl)cc1. The summed E-state index contributed by atoms with van der Waals surface area (Å²) in [6, 6.07) is 8.29. The number of aryl methyl sites for hydroxylation is 2. The molecule has 96 valence electrons. The molecular formula is C14H18ClN3. The third-order valence-corrected chi connectivity index (χ3v) is 3.49. The molecule has 1 aromatic carbocycles. The maximum Gasteiger partial charge on any atom is 0.136 e. The molecule has 2 N–H and O–H groups in total. The van der Waals surface area contributed by atoms with Gasteiger partial charge in [0.25, 0.3) is 0 Å². The summed E-state index contributed by atoms with van der Waals surface area (Å²) in [5, 5.41) is 5.15. The van der Waals surface area contributed by atoms with E-state index >= 15 is 0 Å². The van der Waals surface area contributed by atoms with Gasteiger partial charge in [-0.25, -0.2) is 4.68 Å². The van der Waals surface area contributed by atoms with Crippen LogP contribution in [0, 0.1) is 6.92 Å². The predicted molar refractivity (Wildman–Crippen MR) is 75.4 cm³/mol. The normalized spacial score (nSPS) is 10.9. The first-order valence-electron chi connectivity index (χ1n) is 6.20. The van der Waals surface area contributed by atoms with Crippen molar-refractivity contribution in [3.8, 4) is 5.69 Å². The summed E-state index contributed by atoms with van der Waals surface area (Å²) in [6.45, 7) is 4.69. The Bertz CT molecular complexity index is 529. The minimum Gasteiger partial charge on any atom is -0.330 e. The highest BCUT2D eigenvalue weighted by Gasteiger charge is 2.13. The molecule has 0 unspecified atom stereocenters. The van der Waals surface area contributed by atoms with Gasteiger partial charge in [0.05, 0.1) is 11.4 Å². The van der Waals surface area contributed by atoms with Crippen molar-refractivity contribution in [2.24, 2.45) is 5.73 Å². The first-order chi connectivity index (χ1) is 8.67. The molecule has 0 aliphatic carbocycles. The Morgan fingerprint density at radius 1 is 1.28 bits per heavy atom. The fourth-order valence-corrected chi connectivity index (χ4v) is 2.37. The zero-order valence-corrected chi connectivity index (χ0v) is 11.5. The van der Waals surface area contributed by atoms with Crippen LogP contribution in [0.3, 0.4) is 0 Å². The van der Waals surface area contributed by atoms with Gasteiger partial charge in [0.15, 0.2) is 0 Å². The maximum atomic E-state index is 6.36. The third kappa shape index (κ3) is 2.42. The summed E-state index contributed by atoms with van der Waals surface area (Å²) in [6.07, 6.45) is 1.79. The van der Waals surface area contributed by atoms with Gasteiger partial charge in [-0.15, -0.1) is 0 Å². The minimum absolute atomic E-state index is 0.584. The largest absolute Gasteiger partial charge is 0.330 e. The van der Waals surface area contributed by atoms with Crippen molar-refractivity contribution in [1.29, 1.82) is 0 Å². The molecule has 3 nitrogen and oxygen atoms in total. The van der Waals surface area contributed by atoms with Gasteiger partial charge in [-0.2, -0.15) is 5.10 Å². The number of hydrogen-bond donors (Lipinski definition) is 1. The predicted octanol–water partition coefficient (Wildman–Crippen LogP) is 2.90. The molecule has 0 fully saturated rings. The molecule has 0 amide bonds. The standard InChI is InChI=1S/C14H18ClN3/c1-3-11-4-6-12(7-5-11)18-14(15)13(8-9-16)10(2)17-18/h4-7H,3,8-9,16H2,1-2H3. The van der Waals surface area contributed by atoms with E-state index in [1.165, 1.54) is 5.56 Å². The van der Waals surface area contributed by atoms with Crippen LogP contribution in [0.2, 0.25) is 5.15 Å². The summed E-state index contributed by atoms with van der Waals surface area (Å²) < 4.78 is 1.78. The molecule has 4 heteroatoms. The molecule has 0 aliphatic heterocycles. The quantitative estimate of drug-likeness (QED) is 0.922. The monoisotopic (exact) mass is 263 g/mol. The van der Waals surface area contributed by atoms with Crippen molar-refractivity contribution < 1.29 is 0 Å². The van der Waals surface area contributed by atoms with Crippen LogP contribution in [0.5, 0.6) is 0 Å². The summed E-state index contributed by atoms with van der Waals surface area (Å²) >= 11 is 6.36. The van der Waals surface area contributed by atoms with Gasteiger partial charge in [-0.05, 0) is 44.0 Å². The molecule has 0 radical (unpaired) electrons. The lowest BCUT2D eigenvalue weighted by atomic mass is 10.1. The van der Waals surface area contributed by atoms with E-state index in [1.54, 1.807) is 4.68 Å². The zero-order chi connectivity index (χ0) is 13.1. The van der Waals surface area contributed by atoms with E-state index in [4.69, 9.17) is 17.3 Å². The van der Waals surface area contributed by atoms with Crippen LogP contribution in [0.25, 0.3) is 5.69 Å². The Kier molecular flexibility index (Phi) is 4.04. The second kappa shape index (κ2) is 5.55. The Morgan fingerprint density at radius 2 is 1.94 bits per heavy atom. The molecule has 0 saturated heterocycles. The van der Waals surface area contributed by atoms with Crippen LogP contribution < -0.4 is 5.73 Å². The molecule has 0 spiro atoms. The molecule has 2 rings (SSSR count). The van der Waals surface area contributed by atoms with E-state index in [0.717, 1.165) is 29.8 Å². The van der Waals surface area contributed by atoms with Gasteiger partial charge in [0, 0.05) is 5.56 Å². The van der Waals surface area contributed by atoms with Crippen LogP contribution in [-0.2, 0) is 12.8 Å². The Labute approximate surface area is 113 Å². The minimum atomic E-state index is 0.584. The molecule has 2 aromatic rings. The number of nitrogens with zero attached hydrogens (tertiary/aromatic N) is 2. The lowest BCUT2D eigenvalue weighted by molar-refractivity contribution is 0.862. The summed E-state index contributed by atoms with van der Waals surface area (Å²) in [4.78, 5) is 0. The molecule has 0 saturated carbocycles. The van der Waals surface area contributed by atoms with Gasteiger partial charge < -0.3 is 5.73 Å². The lowest BCUT2D eigenvalue weighted by Crippen LogP contribution is -2.03. The number of nitrogens with two attached hydrogens (primary N) is 1. The highest BCUT2D eigenvalue weighted by Crippen LogP contribution is 2.23. The zero-order valence-electron chi connectivity index (χ0n) is 10.8. The van der Waals surface area contributed by atoms with E-state index in [0.29, 0.717) is 11.7 Å². The second-order valence-corrected chi connectivity index (χ2v) is 4.68. The van der Waals surface area contributed by atoms with Gasteiger partial charge >= 0.3 is 0 Å². The maximum absolute atomic E-state index is 6.36. The average Bonchev–Trinajstić information content (AvgIpc) is 2.67. The first kappa shape index (κ1) is 13.1. The van der Waals surface area contributed by atoms with Crippen LogP contribution in [0.1, 0.15) is 23.7 Å². The van der Waals surface area contributed by atoms with Crippen LogP contribution >= 0.6 is 11.6 Å². The van der Waals surface area contributed by atoms with Gasteiger partial charge in [0.1, 0.15) is 5.15 Å². The highest BCUT2D eigenvalue weighted by molar-refractivity contribution is 6.30. The summed E-state index contributed by atoms with van der Waals surface area (Å²) in [5.41, 5.74) is 9.87. The molecule has 0 bridgehead atoms. The average molecular weight is 264 g/mol. The number of halogens is 1. The van der Waals surface area contributed by atoms with Crippen molar-refractivity contribution in [1.82, 2.24) is 9.78 Å². The van der Waals surface area contributed by atoms with Gasteiger partial charge in [-0.3, -0.25) is 0 Å². The van der Waals surface area contributed by atoms with Crippen molar-refractivity contribution in [3.63, 3.8) is 0 Å². The third-order valence-electron chi connectivity index (χ3n) is 3.11. The summed E-state index contributed by atoms with van der Waals surface area (Å²) in [7, 11) is 0. The van der Waals surface area contributed by atoms with Crippen LogP contribution in [0.15, 0.2) is 24.3 Å². The Morgan fingerprint density at radius 3 is 2.50 bits per heavy atom. The van der Waals surface area contributed by atoms with E-state index in [1.807, 2.05) is 19.1 Å². The van der Waals surface area contributed by atoms with E-state index < -0.39 is 0 Å². The van der Waals surface area contributed by atoms with Gasteiger partial charge in [-0.1, -0.05) is 30.7 Å². The van der Waals surface area contributed by atoms with Crippen molar-refractivity contribution in [2.45, 2.75) is 26.7 Å². The van der Waals surface area contributed by atoms with Crippen LogP contribution in [0.4, 0.5) is 0 Å². The fraction of sp³-hybridized carbons (Fsp3) is 0.357. The lowest BCUT2D eigenvalue weighted by Gasteiger charge is -2.04. The molecule has 0 atom stereocenters. The number of hydrogen-bond acceptors (Lipinski definition) is 2. The Balaban J connectivity index is 2.40. The highest BCUT2D eigenvalue weighted by atomic mass is 35.5. The van der Waals surface area contributed by atoms with E-state index in [2.05, 4.69) is 24.2 Å². The van der Waals surface area contributed by atoms with E-state index in [-0.39, 0.29) is 0 Å². The van der Waals surface area contributed by atoms with Crippen molar-refractivity contribution in [2.75, 3.05) is 6.54 Å². The molecular weight excluding hydrogens is 246 g/mol. The summed E-state index contributed by atoms with van der Waals surface area (Å²) in [5.74, 6) is 0. The number of aromatic nitrogens is 2. The molecule has 0 aliphatic rings. The second-order valence-electron chi connectivity index (χ2n) is 4.33. The number of rotatable bonds is 4. The van der Waals surface area contributed by atoms with Gasteiger partial charge in [0.2, 0.25) is 0 Å². The van der Waals surface area contributed by atoms with Crippen LogP contribution in [-0.4, -0.2) is 16.3 Å². The molecule has 1 heterocycles. The fourth-order valence-electron chi connectivity index (χ4n) is 2.00. The van der Waals surface area contributed by atoms with E-state index in [9.17, 15) is 0 Å². The topological polar surface area (TPSA) is 43.8 Å². The molecule has 18 heavy (non-hydrogen) atoms. The molecule has 1 aromatic heterocycles. The first-order valence-corrected chi connectivity index (χ1v) is 6.58. The smallest absolute Gasteiger partial charge is 0.136 e.